The van der Waals surface area contributed by atoms with Crippen molar-refractivity contribution in [1.29, 1.82) is 0 Å². The van der Waals surface area contributed by atoms with Crippen LogP contribution in [0, 0.1) is 13.8 Å². The first kappa shape index (κ1) is 21.6. The number of ether oxygens (including phenoxy) is 3. The first-order valence-electron chi connectivity index (χ1n) is 10.1. The number of amides is 1. The summed E-state index contributed by atoms with van der Waals surface area (Å²) in [5, 5.41) is 2.79. The first-order valence-corrected chi connectivity index (χ1v) is 10.1. The molecule has 0 saturated carbocycles. The number of hydrogen-bond acceptors (Lipinski definition) is 6. The molecule has 0 aliphatic carbocycles. The molecule has 0 bridgehead atoms. The fourth-order valence-electron chi connectivity index (χ4n) is 3.22. The lowest BCUT2D eigenvalue weighted by Gasteiger charge is -2.30. The first-order chi connectivity index (χ1) is 14.5. The molecule has 1 fully saturated rings. The highest BCUT2D eigenvalue weighted by Gasteiger charge is 2.20. The van der Waals surface area contributed by atoms with Gasteiger partial charge in [-0.05, 0) is 62.2 Å². The SMILES string of the molecule is CCOC(=O)c1cc(NC(=O)COc2ccc(C)c(C)c2)ccc1N1CCOCC1. The van der Waals surface area contributed by atoms with E-state index in [1.807, 2.05) is 38.1 Å². The third kappa shape index (κ3) is 5.51. The molecule has 1 saturated heterocycles. The number of nitrogens with one attached hydrogen (secondary N) is 1. The van der Waals surface area contributed by atoms with Gasteiger partial charge in [-0.3, -0.25) is 4.79 Å². The molecule has 0 radical (unpaired) electrons. The van der Waals surface area contributed by atoms with Crippen molar-refractivity contribution in [2.45, 2.75) is 20.8 Å². The minimum Gasteiger partial charge on any atom is -0.484 e. The topological polar surface area (TPSA) is 77.1 Å². The van der Waals surface area contributed by atoms with Gasteiger partial charge in [0.2, 0.25) is 0 Å². The number of aryl methyl sites for hydroxylation is 2. The van der Waals surface area contributed by atoms with E-state index in [1.165, 1.54) is 5.56 Å². The van der Waals surface area contributed by atoms with Crippen LogP contribution in [0.4, 0.5) is 11.4 Å². The van der Waals surface area contributed by atoms with Gasteiger partial charge in [-0.2, -0.15) is 0 Å². The summed E-state index contributed by atoms with van der Waals surface area (Å²) in [7, 11) is 0. The zero-order valence-electron chi connectivity index (χ0n) is 17.7. The Labute approximate surface area is 176 Å². The van der Waals surface area contributed by atoms with E-state index in [1.54, 1.807) is 19.1 Å². The van der Waals surface area contributed by atoms with E-state index in [4.69, 9.17) is 14.2 Å². The van der Waals surface area contributed by atoms with Gasteiger partial charge in [0.15, 0.2) is 6.61 Å². The van der Waals surface area contributed by atoms with Crippen LogP contribution < -0.4 is 15.0 Å². The Kier molecular flexibility index (Phi) is 7.30. The number of benzene rings is 2. The average Bonchev–Trinajstić information content (AvgIpc) is 2.75. The molecule has 1 N–H and O–H groups in total. The fourth-order valence-corrected chi connectivity index (χ4v) is 3.22. The summed E-state index contributed by atoms with van der Waals surface area (Å²) in [6.45, 7) is 8.55. The van der Waals surface area contributed by atoms with Gasteiger partial charge in [-0.25, -0.2) is 4.79 Å². The van der Waals surface area contributed by atoms with E-state index < -0.39 is 5.97 Å². The number of hydrogen-bond donors (Lipinski definition) is 1. The van der Waals surface area contributed by atoms with Crippen LogP contribution in [0.1, 0.15) is 28.4 Å². The van der Waals surface area contributed by atoms with Gasteiger partial charge in [-0.1, -0.05) is 6.07 Å². The van der Waals surface area contributed by atoms with Crippen molar-refractivity contribution in [3.05, 3.63) is 53.1 Å². The Bertz CT molecular complexity index is 906. The molecule has 1 aliphatic rings. The summed E-state index contributed by atoms with van der Waals surface area (Å²) in [4.78, 5) is 26.9. The van der Waals surface area contributed by atoms with E-state index in [2.05, 4.69) is 10.2 Å². The number of esters is 1. The second kappa shape index (κ2) is 10.1. The maximum absolute atomic E-state index is 12.5. The largest absolute Gasteiger partial charge is 0.484 e. The van der Waals surface area contributed by atoms with Crippen LogP contribution in [0.5, 0.6) is 5.75 Å². The number of nitrogens with zero attached hydrogens (tertiary/aromatic N) is 1. The van der Waals surface area contributed by atoms with Crippen LogP contribution in [0.15, 0.2) is 36.4 Å². The quantitative estimate of drug-likeness (QED) is 0.703. The van der Waals surface area contributed by atoms with Gasteiger partial charge < -0.3 is 24.4 Å². The molecular weight excluding hydrogens is 384 g/mol. The molecule has 7 heteroatoms. The molecule has 1 amide bonds. The second-order valence-corrected chi connectivity index (χ2v) is 7.13. The molecule has 0 unspecified atom stereocenters. The van der Waals surface area contributed by atoms with Gasteiger partial charge >= 0.3 is 5.97 Å². The molecule has 0 spiro atoms. The highest BCUT2D eigenvalue weighted by molar-refractivity contribution is 5.99. The van der Waals surface area contributed by atoms with E-state index in [-0.39, 0.29) is 19.1 Å². The smallest absolute Gasteiger partial charge is 0.340 e. The van der Waals surface area contributed by atoms with Crippen molar-refractivity contribution < 1.29 is 23.8 Å². The van der Waals surface area contributed by atoms with Gasteiger partial charge in [0.1, 0.15) is 5.75 Å². The van der Waals surface area contributed by atoms with E-state index in [0.29, 0.717) is 43.3 Å². The molecule has 0 aromatic heterocycles. The molecular formula is C23H28N2O5. The molecule has 7 nitrogen and oxygen atoms in total. The lowest BCUT2D eigenvalue weighted by Crippen LogP contribution is -2.37. The van der Waals surface area contributed by atoms with Gasteiger partial charge in [0.25, 0.3) is 5.91 Å². The predicted octanol–water partition coefficient (Wildman–Crippen LogP) is 3.33. The van der Waals surface area contributed by atoms with Crippen LogP contribution in [-0.4, -0.2) is 51.4 Å². The van der Waals surface area contributed by atoms with Crippen molar-refractivity contribution in [3.63, 3.8) is 0 Å². The molecule has 2 aromatic carbocycles. The van der Waals surface area contributed by atoms with Crippen molar-refractivity contribution in [2.75, 3.05) is 49.7 Å². The van der Waals surface area contributed by atoms with E-state index >= 15 is 0 Å². The Morgan fingerprint density at radius 1 is 1.07 bits per heavy atom. The third-order valence-electron chi connectivity index (χ3n) is 4.98. The maximum atomic E-state index is 12.5. The van der Waals surface area contributed by atoms with Crippen LogP contribution in [0.25, 0.3) is 0 Å². The fraction of sp³-hybridized carbons (Fsp3) is 0.391. The molecule has 0 atom stereocenters. The Morgan fingerprint density at radius 3 is 2.53 bits per heavy atom. The number of anilines is 2. The summed E-state index contributed by atoms with van der Waals surface area (Å²) in [5.41, 5.74) is 3.99. The summed E-state index contributed by atoms with van der Waals surface area (Å²) in [5.74, 6) is -0.0771. The molecule has 3 rings (SSSR count). The highest BCUT2D eigenvalue weighted by Crippen LogP contribution is 2.26. The number of carbonyl (C=O) groups is 2. The number of morpholine rings is 1. The van der Waals surface area contributed by atoms with Crippen LogP contribution in [-0.2, 0) is 14.3 Å². The standard InChI is InChI=1S/C23H28N2O5/c1-4-29-23(27)20-14-18(6-8-21(20)25-9-11-28-12-10-25)24-22(26)15-30-19-7-5-16(2)17(3)13-19/h5-8,13-14H,4,9-12,15H2,1-3H3,(H,24,26). The van der Waals surface area contributed by atoms with Gasteiger partial charge in [0.05, 0.1) is 31.1 Å². The summed E-state index contributed by atoms with van der Waals surface area (Å²) in [6, 6.07) is 11.0. The van der Waals surface area contributed by atoms with Crippen molar-refractivity contribution in [2.24, 2.45) is 0 Å². The van der Waals surface area contributed by atoms with Crippen LogP contribution >= 0.6 is 0 Å². The van der Waals surface area contributed by atoms with Crippen LogP contribution in [0.2, 0.25) is 0 Å². The van der Waals surface area contributed by atoms with Crippen LogP contribution in [0.3, 0.4) is 0 Å². The number of rotatable bonds is 7. The molecule has 2 aromatic rings. The average molecular weight is 412 g/mol. The molecule has 1 aliphatic heterocycles. The van der Waals surface area contributed by atoms with Gasteiger partial charge in [0, 0.05) is 18.8 Å². The van der Waals surface area contributed by atoms with E-state index in [9.17, 15) is 9.59 Å². The second-order valence-electron chi connectivity index (χ2n) is 7.13. The zero-order chi connectivity index (χ0) is 21.5. The Morgan fingerprint density at radius 2 is 1.83 bits per heavy atom. The Balaban J connectivity index is 1.69. The molecule has 1 heterocycles. The summed E-state index contributed by atoms with van der Waals surface area (Å²) < 4.78 is 16.2. The maximum Gasteiger partial charge on any atom is 0.340 e. The normalized spacial score (nSPS) is 13.6. The minimum atomic E-state index is -0.415. The summed E-state index contributed by atoms with van der Waals surface area (Å²) in [6.07, 6.45) is 0. The molecule has 30 heavy (non-hydrogen) atoms. The van der Waals surface area contributed by atoms with Crippen molar-refractivity contribution >= 4 is 23.3 Å². The van der Waals surface area contributed by atoms with Crippen molar-refractivity contribution in [1.82, 2.24) is 0 Å². The summed E-state index contributed by atoms with van der Waals surface area (Å²) >= 11 is 0. The third-order valence-corrected chi connectivity index (χ3v) is 4.98. The van der Waals surface area contributed by atoms with Crippen molar-refractivity contribution in [3.8, 4) is 5.75 Å². The zero-order valence-corrected chi connectivity index (χ0v) is 17.7. The lowest BCUT2D eigenvalue weighted by atomic mass is 10.1. The van der Waals surface area contributed by atoms with E-state index in [0.717, 1.165) is 11.3 Å². The predicted molar refractivity (Wildman–Crippen MR) is 115 cm³/mol. The number of carbonyl (C=O) groups excluding carboxylic acids is 2. The minimum absolute atomic E-state index is 0.123. The lowest BCUT2D eigenvalue weighted by molar-refractivity contribution is -0.118. The molecule has 160 valence electrons. The van der Waals surface area contributed by atoms with Gasteiger partial charge in [-0.15, -0.1) is 0 Å². The Hall–Kier alpha value is -3.06. The highest BCUT2D eigenvalue weighted by atomic mass is 16.5. The monoisotopic (exact) mass is 412 g/mol.